The molecule has 0 aromatic heterocycles. The van der Waals surface area contributed by atoms with Crippen molar-refractivity contribution < 1.29 is 19.2 Å². The predicted octanol–water partition coefficient (Wildman–Crippen LogP) is 3.05. The maximum atomic E-state index is 13.1. The summed E-state index contributed by atoms with van der Waals surface area (Å²) in [5.74, 6) is 1.76. The highest BCUT2D eigenvalue weighted by molar-refractivity contribution is 6.14. The van der Waals surface area contributed by atoms with Crippen molar-refractivity contribution in [1.82, 2.24) is 0 Å². The normalized spacial score (nSPS) is 20.0. The molecule has 4 nitrogen and oxygen atoms in total. The van der Waals surface area contributed by atoms with Crippen molar-refractivity contribution in [3.63, 3.8) is 0 Å². The number of ketones is 1. The standard InChI is InChI=1S/C24H27NO3/c1-17(2)25-15-20(13-18-5-9-22(27-3)10-6-18)24(26)21(16-25)14-19-7-11-23(28-4)12-8-19/h5-14,17H,15-16H2,1-4H3/p+1/b20-13+,21-14+. The molecule has 0 saturated carbocycles. The van der Waals surface area contributed by atoms with Crippen LogP contribution in [0.4, 0.5) is 0 Å². The molecular weight excluding hydrogens is 350 g/mol. The van der Waals surface area contributed by atoms with E-state index in [1.54, 1.807) is 14.2 Å². The lowest BCUT2D eigenvalue weighted by atomic mass is 9.93. The fourth-order valence-corrected chi connectivity index (χ4v) is 3.36. The van der Waals surface area contributed by atoms with Crippen LogP contribution in [-0.4, -0.2) is 39.1 Å². The first-order valence-electron chi connectivity index (χ1n) is 9.58. The molecule has 1 N–H and O–H groups in total. The van der Waals surface area contributed by atoms with Gasteiger partial charge in [-0.05, 0) is 61.4 Å². The first-order chi connectivity index (χ1) is 13.5. The minimum absolute atomic E-state index is 0.135. The third-order valence-electron chi connectivity index (χ3n) is 5.15. The molecule has 0 radical (unpaired) electrons. The molecule has 146 valence electrons. The maximum absolute atomic E-state index is 13.1. The third-order valence-corrected chi connectivity index (χ3v) is 5.15. The van der Waals surface area contributed by atoms with E-state index in [-0.39, 0.29) is 5.78 Å². The second-order valence-corrected chi connectivity index (χ2v) is 7.38. The topological polar surface area (TPSA) is 40.0 Å². The monoisotopic (exact) mass is 378 g/mol. The molecule has 1 aliphatic heterocycles. The van der Waals surface area contributed by atoms with E-state index in [9.17, 15) is 4.79 Å². The van der Waals surface area contributed by atoms with Gasteiger partial charge in [-0.1, -0.05) is 24.3 Å². The third kappa shape index (κ3) is 4.70. The number of carbonyl (C=O) groups is 1. The smallest absolute Gasteiger partial charge is 0.196 e. The van der Waals surface area contributed by atoms with Crippen LogP contribution >= 0.6 is 0 Å². The summed E-state index contributed by atoms with van der Waals surface area (Å²) in [4.78, 5) is 14.5. The highest BCUT2D eigenvalue weighted by Crippen LogP contribution is 2.19. The predicted molar refractivity (Wildman–Crippen MR) is 113 cm³/mol. The Labute approximate surface area is 167 Å². The van der Waals surface area contributed by atoms with Gasteiger partial charge in [-0.15, -0.1) is 0 Å². The van der Waals surface area contributed by atoms with Crippen LogP contribution in [0.5, 0.6) is 11.5 Å². The summed E-state index contributed by atoms with van der Waals surface area (Å²) in [6.07, 6.45) is 4.01. The molecule has 28 heavy (non-hydrogen) atoms. The van der Waals surface area contributed by atoms with Gasteiger partial charge < -0.3 is 14.4 Å². The second kappa shape index (κ2) is 8.89. The molecule has 1 fully saturated rings. The Kier molecular flexibility index (Phi) is 6.32. The molecule has 0 aliphatic carbocycles. The van der Waals surface area contributed by atoms with E-state index < -0.39 is 0 Å². The number of methoxy groups -OCH3 is 2. The van der Waals surface area contributed by atoms with E-state index in [0.29, 0.717) is 6.04 Å². The average molecular weight is 378 g/mol. The van der Waals surface area contributed by atoms with E-state index in [1.165, 1.54) is 4.90 Å². The first-order valence-corrected chi connectivity index (χ1v) is 9.58. The zero-order chi connectivity index (χ0) is 20.1. The Bertz CT molecular complexity index is 808. The zero-order valence-corrected chi connectivity index (χ0v) is 17.0. The van der Waals surface area contributed by atoms with Gasteiger partial charge in [0.25, 0.3) is 0 Å². The summed E-state index contributed by atoms with van der Waals surface area (Å²) in [6.45, 7) is 5.87. The number of nitrogens with one attached hydrogen (secondary N) is 1. The Hall–Kier alpha value is -2.85. The molecule has 2 aromatic rings. The number of piperidine rings is 1. The SMILES string of the molecule is COc1ccc(/C=C2\C[NH+](C(C)C)C/C(=C\c3ccc(OC)cc3)C2=O)cc1. The van der Waals surface area contributed by atoms with Crippen molar-refractivity contribution in [3.05, 3.63) is 70.8 Å². The van der Waals surface area contributed by atoms with Gasteiger partial charge in [0, 0.05) is 0 Å². The number of carbonyl (C=O) groups excluding carboxylic acids is 1. The van der Waals surface area contributed by atoms with Gasteiger partial charge in [-0.3, -0.25) is 4.79 Å². The summed E-state index contributed by atoms with van der Waals surface area (Å²) >= 11 is 0. The van der Waals surface area contributed by atoms with Crippen molar-refractivity contribution in [3.8, 4) is 11.5 Å². The van der Waals surface area contributed by atoms with E-state index in [2.05, 4.69) is 13.8 Å². The molecule has 0 amide bonds. The average Bonchev–Trinajstić information content (AvgIpc) is 2.71. The van der Waals surface area contributed by atoms with Gasteiger partial charge in [0.1, 0.15) is 24.6 Å². The van der Waals surface area contributed by atoms with Crippen molar-refractivity contribution in [2.24, 2.45) is 0 Å². The molecule has 1 heterocycles. The van der Waals surface area contributed by atoms with Crippen LogP contribution in [0.15, 0.2) is 59.7 Å². The molecular formula is C24H28NO3+. The molecule has 1 saturated heterocycles. The Morgan fingerprint density at radius 3 is 1.50 bits per heavy atom. The first kappa shape index (κ1) is 19.9. The number of likely N-dealkylation sites (tertiary alicyclic amines) is 1. The number of quaternary nitrogens is 1. The molecule has 0 bridgehead atoms. The van der Waals surface area contributed by atoms with E-state index in [1.807, 2.05) is 60.7 Å². The molecule has 2 aromatic carbocycles. The van der Waals surface area contributed by atoms with Crippen LogP contribution in [0.2, 0.25) is 0 Å². The maximum Gasteiger partial charge on any atom is 0.196 e. The van der Waals surface area contributed by atoms with Gasteiger partial charge in [-0.25, -0.2) is 0 Å². The lowest BCUT2D eigenvalue weighted by molar-refractivity contribution is -0.912. The van der Waals surface area contributed by atoms with Crippen LogP contribution in [0.1, 0.15) is 25.0 Å². The van der Waals surface area contributed by atoms with Crippen molar-refractivity contribution in [2.45, 2.75) is 19.9 Å². The highest BCUT2D eigenvalue weighted by Gasteiger charge is 2.30. The molecule has 0 unspecified atom stereocenters. The van der Waals surface area contributed by atoms with Crippen LogP contribution in [0.25, 0.3) is 12.2 Å². The summed E-state index contributed by atoms with van der Waals surface area (Å²) in [6, 6.07) is 16.0. The fraction of sp³-hybridized carbons (Fsp3) is 0.292. The Morgan fingerprint density at radius 2 is 1.18 bits per heavy atom. The van der Waals surface area contributed by atoms with Gasteiger partial charge >= 0.3 is 0 Å². The largest absolute Gasteiger partial charge is 0.497 e. The quantitative estimate of drug-likeness (QED) is 0.813. The summed E-state index contributed by atoms with van der Waals surface area (Å²) < 4.78 is 10.4. The second-order valence-electron chi connectivity index (χ2n) is 7.38. The van der Waals surface area contributed by atoms with Crippen LogP contribution < -0.4 is 14.4 Å². The Morgan fingerprint density at radius 1 is 0.786 bits per heavy atom. The Balaban J connectivity index is 1.92. The molecule has 0 spiro atoms. The molecule has 3 rings (SSSR count). The minimum atomic E-state index is 0.135. The van der Waals surface area contributed by atoms with E-state index in [0.717, 1.165) is 46.9 Å². The number of Topliss-reactive ketones (excluding diaryl/α,β-unsaturated/α-hetero) is 1. The highest BCUT2D eigenvalue weighted by atomic mass is 16.5. The van der Waals surface area contributed by atoms with Crippen molar-refractivity contribution in [1.29, 1.82) is 0 Å². The van der Waals surface area contributed by atoms with Crippen molar-refractivity contribution in [2.75, 3.05) is 27.3 Å². The number of hydrogen-bond acceptors (Lipinski definition) is 3. The number of rotatable bonds is 5. The van der Waals surface area contributed by atoms with Gasteiger partial charge in [-0.2, -0.15) is 0 Å². The lowest BCUT2D eigenvalue weighted by Crippen LogP contribution is -3.16. The molecule has 4 heteroatoms. The molecule has 0 atom stereocenters. The summed E-state index contributed by atoms with van der Waals surface area (Å²) in [5.41, 5.74) is 3.72. The van der Waals surface area contributed by atoms with Gasteiger partial charge in [0.2, 0.25) is 0 Å². The van der Waals surface area contributed by atoms with Crippen LogP contribution in [0, 0.1) is 0 Å². The van der Waals surface area contributed by atoms with Crippen LogP contribution in [-0.2, 0) is 4.79 Å². The fourth-order valence-electron chi connectivity index (χ4n) is 3.36. The minimum Gasteiger partial charge on any atom is -0.497 e. The lowest BCUT2D eigenvalue weighted by Gasteiger charge is -2.30. The van der Waals surface area contributed by atoms with Crippen molar-refractivity contribution >= 4 is 17.9 Å². The number of ether oxygens (including phenoxy) is 2. The van der Waals surface area contributed by atoms with Gasteiger partial charge in [0.15, 0.2) is 5.78 Å². The van der Waals surface area contributed by atoms with E-state index >= 15 is 0 Å². The zero-order valence-electron chi connectivity index (χ0n) is 17.0. The van der Waals surface area contributed by atoms with Gasteiger partial charge in [0.05, 0.1) is 31.4 Å². The summed E-state index contributed by atoms with van der Waals surface area (Å²) in [5, 5.41) is 0. The van der Waals surface area contributed by atoms with Crippen LogP contribution in [0.3, 0.4) is 0 Å². The number of hydrogen-bond donors (Lipinski definition) is 1. The molecule has 1 aliphatic rings. The summed E-state index contributed by atoms with van der Waals surface area (Å²) in [7, 11) is 3.30. The van der Waals surface area contributed by atoms with E-state index in [4.69, 9.17) is 9.47 Å². The number of benzene rings is 2.